The number of halogens is 1. The third-order valence-electron chi connectivity index (χ3n) is 4.17. The molecule has 0 aliphatic carbocycles. The van der Waals surface area contributed by atoms with E-state index in [1.54, 1.807) is 60.7 Å². The predicted octanol–water partition coefficient (Wildman–Crippen LogP) is 2.94. The van der Waals surface area contributed by atoms with E-state index >= 15 is 0 Å². The topological polar surface area (TPSA) is 82.1 Å². The lowest BCUT2D eigenvalue weighted by Gasteiger charge is -2.38. The molecule has 0 bridgehead atoms. The van der Waals surface area contributed by atoms with Gasteiger partial charge >= 0.3 is 11.9 Å². The van der Waals surface area contributed by atoms with Crippen LogP contribution < -0.4 is 0 Å². The van der Waals surface area contributed by atoms with E-state index in [-0.39, 0.29) is 6.42 Å². The summed E-state index contributed by atoms with van der Waals surface area (Å²) in [5.74, 6) is -1.10. The van der Waals surface area contributed by atoms with Gasteiger partial charge in [0.2, 0.25) is 0 Å². The average Bonchev–Trinajstić information content (AvgIpc) is 2.70. The van der Waals surface area contributed by atoms with E-state index in [0.29, 0.717) is 16.5 Å². The Morgan fingerprint density at radius 2 is 1.48 bits per heavy atom. The maximum absolute atomic E-state index is 12.5. The van der Waals surface area contributed by atoms with Crippen LogP contribution in [-0.4, -0.2) is 47.0 Å². The minimum Gasteiger partial charge on any atom is -0.455 e. The van der Waals surface area contributed by atoms with E-state index in [1.807, 2.05) is 0 Å². The number of esters is 2. The molecule has 0 unspecified atom stereocenters. The van der Waals surface area contributed by atoms with Gasteiger partial charge < -0.3 is 19.3 Å². The van der Waals surface area contributed by atoms with Gasteiger partial charge in [0.25, 0.3) is 0 Å². The summed E-state index contributed by atoms with van der Waals surface area (Å²) >= 11 is 3.30. The Bertz CT molecular complexity index is 767. The smallest absolute Gasteiger partial charge is 0.338 e. The van der Waals surface area contributed by atoms with Crippen molar-refractivity contribution in [1.82, 2.24) is 0 Å². The number of aliphatic hydroxyl groups excluding tert-OH is 1. The minimum absolute atomic E-state index is 0.00874. The number of aliphatic hydroxyl groups is 1. The summed E-state index contributed by atoms with van der Waals surface area (Å²) in [6.07, 6.45) is -3.46. The van der Waals surface area contributed by atoms with E-state index in [2.05, 4.69) is 15.9 Å². The Hall–Kier alpha value is -2.22. The second-order valence-electron chi connectivity index (χ2n) is 6.06. The highest BCUT2D eigenvalue weighted by Gasteiger charge is 2.43. The molecule has 1 heterocycles. The molecule has 0 spiro atoms. The Morgan fingerprint density at radius 1 is 0.963 bits per heavy atom. The van der Waals surface area contributed by atoms with Crippen molar-refractivity contribution < 1.29 is 28.9 Å². The molecule has 1 N–H and O–H groups in total. The van der Waals surface area contributed by atoms with Gasteiger partial charge in [-0.2, -0.15) is 0 Å². The fourth-order valence-electron chi connectivity index (χ4n) is 2.84. The van der Waals surface area contributed by atoms with Crippen molar-refractivity contribution >= 4 is 27.9 Å². The van der Waals surface area contributed by atoms with Crippen LogP contribution in [0.1, 0.15) is 27.1 Å². The lowest BCUT2D eigenvalue weighted by molar-refractivity contribution is -0.225. The first-order valence-electron chi connectivity index (χ1n) is 8.50. The number of hydrogen-bond donors (Lipinski definition) is 1. The quantitative estimate of drug-likeness (QED) is 0.575. The van der Waals surface area contributed by atoms with Crippen molar-refractivity contribution in [1.29, 1.82) is 0 Å². The zero-order chi connectivity index (χ0) is 19.2. The van der Waals surface area contributed by atoms with Crippen molar-refractivity contribution in [3.63, 3.8) is 0 Å². The maximum Gasteiger partial charge on any atom is 0.338 e. The molecule has 1 aliphatic heterocycles. The van der Waals surface area contributed by atoms with Crippen molar-refractivity contribution in [2.45, 2.75) is 31.0 Å². The standard InChI is InChI=1S/C20H19BrO6/c21-12-16-18(27-20(24)14-9-5-2-6-10-14)15(11-17(22)25-16)26-19(23)13-7-3-1-4-8-13/h1-10,15-18,22H,11-12H2/t15-,16+,17+,18-/m0/s1. The minimum atomic E-state index is -1.12. The summed E-state index contributed by atoms with van der Waals surface area (Å²) < 4.78 is 16.6. The molecule has 4 atom stereocenters. The highest BCUT2D eigenvalue weighted by atomic mass is 79.9. The average molecular weight is 435 g/mol. The van der Waals surface area contributed by atoms with Crippen molar-refractivity contribution in [3.05, 3.63) is 71.8 Å². The molecule has 1 fully saturated rings. The zero-order valence-corrected chi connectivity index (χ0v) is 15.9. The van der Waals surface area contributed by atoms with E-state index in [1.165, 1.54) is 0 Å². The van der Waals surface area contributed by atoms with Crippen LogP contribution in [0.15, 0.2) is 60.7 Å². The van der Waals surface area contributed by atoms with Crippen LogP contribution in [0.25, 0.3) is 0 Å². The van der Waals surface area contributed by atoms with Crippen LogP contribution in [0.2, 0.25) is 0 Å². The molecule has 27 heavy (non-hydrogen) atoms. The van der Waals surface area contributed by atoms with Gasteiger partial charge in [-0.3, -0.25) is 0 Å². The number of ether oxygens (including phenoxy) is 3. The molecule has 1 saturated heterocycles. The van der Waals surface area contributed by atoms with Gasteiger partial charge in [0.05, 0.1) is 11.1 Å². The Morgan fingerprint density at radius 3 is 2.00 bits per heavy atom. The van der Waals surface area contributed by atoms with Gasteiger partial charge in [-0.1, -0.05) is 52.3 Å². The van der Waals surface area contributed by atoms with Crippen LogP contribution in [0.5, 0.6) is 0 Å². The van der Waals surface area contributed by atoms with E-state index in [0.717, 1.165) is 0 Å². The molecular weight excluding hydrogens is 416 g/mol. The molecule has 0 radical (unpaired) electrons. The van der Waals surface area contributed by atoms with Gasteiger partial charge in [0, 0.05) is 11.8 Å². The predicted molar refractivity (Wildman–Crippen MR) is 101 cm³/mol. The van der Waals surface area contributed by atoms with Gasteiger partial charge in [0.15, 0.2) is 12.4 Å². The van der Waals surface area contributed by atoms with Crippen LogP contribution >= 0.6 is 15.9 Å². The van der Waals surface area contributed by atoms with Gasteiger partial charge in [-0.25, -0.2) is 9.59 Å². The lowest BCUT2D eigenvalue weighted by atomic mass is 10.0. The Kier molecular flexibility index (Phi) is 6.60. The monoisotopic (exact) mass is 434 g/mol. The summed E-state index contributed by atoms with van der Waals surface area (Å²) in [4.78, 5) is 24.9. The Labute approximate surface area is 165 Å². The van der Waals surface area contributed by atoms with E-state index < -0.39 is 36.5 Å². The molecule has 6 nitrogen and oxygen atoms in total. The first-order valence-corrected chi connectivity index (χ1v) is 9.62. The molecule has 2 aromatic rings. The number of hydrogen-bond acceptors (Lipinski definition) is 6. The summed E-state index contributed by atoms with van der Waals surface area (Å²) in [6, 6.07) is 17.0. The molecule has 0 amide bonds. The molecular formula is C20H19BrO6. The Balaban J connectivity index is 1.77. The number of rotatable bonds is 5. The number of alkyl halides is 1. The molecule has 0 aromatic heterocycles. The van der Waals surface area contributed by atoms with Gasteiger partial charge in [-0.05, 0) is 24.3 Å². The summed E-state index contributed by atoms with van der Waals surface area (Å²) in [7, 11) is 0. The molecule has 0 saturated carbocycles. The molecule has 1 aliphatic rings. The van der Waals surface area contributed by atoms with Crippen molar-refractivity contribution in [2.24, 2.45) is 0 Å². The first kappa shape index (κ1) is 19.5. The van der Waals surface area contributed by atoms with Crippen LogP contribution in [0.3, 0.4) is 0 Å². The fourth-order valence-corrected chi connectivity index (χ4v) is 3.36. The van der Waals surface area contributed by atoms with Crippen molar-refractivity contribution in [2.75, 3.05) is 5.33 Å². The second-order valence-corrected chi connectivity index (χ2v) is 6.71. The SMILES string of the molecule is O=C(O[C@H]1[C@@H](OC(=O)c2ccccc2)C[C@H](O)O[C@@H]1CBr)c1ccccc1. The highest BCUT2D eigenvalue weighted by molar-refractivity contribution is 9.09. The normalized spacial score (nSPS) is 24.8. The zero-order valence-electron chi connectivity index (χ0n) is 14.4. The van der Waals surface area contributed by atoms with E-state index in [9.17, 15) is 14.7 Å². The van der Waals surface area contributed by atoms with Gasteiger partial charge in [-0.15, -0.1) is 0 Å². The molecule has 142 valence electrons. The molecule has 2 aromatic carbocycles. The van der Waals surface area contributed by atoms with Crippen LogP contribution in [0.4, 0.5) is 0 Å². The lowest BCUT2D eigenvalue weighted by Crippen LogP contribution is -2.52. The third-order valence-corrected chi connectivity index (χ3v) is 4.81. The van der Waals surface area contributed by atoms with Gasteiger partial charge in [0.1, 0.15) is 12.2 Å². The summed E-state index contributed by atoms with van der Waals surface area (Å²) in [5.41, 5.74) is 0.757. The largest absolute Gasteiger partial charge is 0.455 e. The highest BCUT2D eigenvalue weighted by Crippen LogP contribution is 2.27. The van der Waals surface area contributed by atoms with Crippen LogP contribution in [0, 0.1) is 0 Å². The number of carbonyl (C=O) groups is 2. The number of carbonyl (C=O) groups excluding carboxylic acids is 2. The first-order chi connectivity index (χ1) is 13.1. The molecule has 7 heteroatoms. The van der Waals surface area contributed by atoms with E-state index in [4.69, 9.17) is 14.2 Å². The molecule has 3 rings (SSSR count). The fraction of sp³-hybridized carbons (Fsp3) is 0.300. The van der Waals surface area contributed by atoms with Crippen molar-refractivity contribution in [3.8, 4) is 0 Å². The number of benzene rings is 2. The second kappa shape index (κ2) is 9.12. The summed E-state index contributed by atoms with van der Waals surface area (Å²) in [6.45, 7) is 0. The maximum atomic E-state index is 12.5. The van der Waals surface area contributed by atoms with Crippen LogP contribution in [-0.2, 0) is 14.2 Å². The third kappa shape index (κ3) is 4.94. The summed E-state index contributed by atoms with van der Waals surface area (Å²) in [5, 5.41) is 10.3.